The molecule has 1 atom stereocenters. The van der Waals surface area contributed by atoms with Crippen molar-refractivity contribution in [2.45, 2.75) is 25.3 Å². The molecule has 0 aliphatic carbocycles. The molecule has 0 aliphatic heterocycles. The van der Waals surface area contributed by atoms with Gasteiger partial charge in [0.05, 0.1) is 12.6 Å². The number of ether oxygens (including phenoxy) is 1. The maximum atomic E-state index is 12.1. The molecule has 0 aliphatic rings. The van der Waals surface area contributed by atoms with Crippen LogP contribution in [0.4, 0.5) is 23.0 Å². The van der Waals surface area contributed by atoms with Gasteiger partial charge in [0.2, 0.25) is 5.91 Å². The molecule has 0 saturated carbocycles. The van der Waals surface area contributed by atoms with Crippen LogP contribution < -0.4 is 33.0 Å². The minimum absolute atomic E-state index is 0.0599. The van der Waals surface area contributed by atoms with Crippen molar-refractivity contribution in [1.82, 2.24) is 4.98 Å². The van der Waals surface area contributed by atoms with Gasteiger partial charge in [-0.05, 0) is 43.7 Å². The van der Waals surface area contributed by atoms with E-state index in [1.165, 1.54) is 6.07 Å². The van der Waals surface area contributed by atoms with Gasteiger partial charge in [0.1, 0.15) is 17.2 Å². The first-order valence-electron chi connectivity index (χ1n) is 9.39. The zero-order valence-corrected chi connectivity index (χ0v) is 16.5. The van der Waals surface area contributed by atoms with Crippen LogP contribution in [0.15, 0.2) is 46.6 Å². The fourth-order valence-corrected chi connectivity index (χ4v) is 2.38. The average Bonchev–Trinajstić information content (AvgIpc) is 2.74. The number of pyridine rings is 1. The second-order valence-electron chi connectivity index (χ2n) is 6.33. The first kappa shape index (κ1) is 22.9. The van der Waals surface area contributed by atoms with Gasteiger partial charge in [0, 0.05) is 0 Å². The predicted octanol–water partition coefficient (Wildman–Crippen LogP) is 1.34. The standard InChI is InChI=1S/C19H26N8O3/c20-10-4-3-5-12(22)19(29)25-16-9-8-14(18(23)24-16)27-26-13-6-1-2-7-15(13)30-17(28)11-21/h1-2,6-9,12H,3-5,10-11,20-22H2,(H3,23,24,25,29)/t12-/m0/s1. The number of esters is 1. The molecule has 0 radical (unpaired) electrons. The highest BCUT2D eigenvalue weighted by Crippen LogP contribution is 2.30. The summed E-state index contributed by atoms with van der Waals surface area (Å²) in [5.41, 5.74) is 23.1. The van der Waals surface area contributed by atoms with Gasteiger partial charge in [-0.15, -0.1) is 10.2 Å². The van der Waals surface area contributed by atoms with Gasteiger partial charge in [-0.3, -0.25) is 9.59 Å². The number of nitrogen functional groups attached to an aromatic ring is 1. The van der Waals surface area contributed by atoms with Crippen molar-refractivity contribution in [3.8, 4) is 5.75 Å². The van der Waals surface area contributed by atoms with Crippen molar-refractivity contribution in [1.29, 1.82) is 0 Å². The average molecular weight is 414 g/mol. The molecule has 11 nitrogen and oxygen atoms in total. The van der Waals surface area contributed by atoms with Crippen molar-refractivity contribution in [2.75, 3.05) is 24.1 Å². The maximum Gasteiger partial charge on any atom is 0.325 e. The van der Waals surface area contributed by atoms with E-state index in [1.807, 2.05) is 0 Å². The molecule has 9 N–H and O–H groups in total. The van der Waals surface area contributed by atoms with Gasteiger partial charge in [0.25, 0.3) is 0 Å². The second kappa shape index (κ2) is 11.6. The van der Waals surface area contributed by atoms with Gasteiger partial charge >= 0.3 is 5.97 Å². The molecular formula is C19H26N8O3. The Balaban J connectivity index is 2.06. The zero-order chi connectivity index (χ0) is 21.9. The van der Waals surface area contributed by atoms with Crippen LogP contribution in [0.2, 0.25) is 0 Å². The normalized spacial score (nSPS) is 12.0. The van der Waals surface area contributed by atoms with Crippen molar-refractivity contribution < 1.29 is 14.3 Å². The number of nitrogens with one attached hydrogen (secondary N) is 1. The molecule has 0 saturated heterocycles. The van der Waals surface area contributed by atoms with E-state index in [4.69, 9.17) is 27.7 Å². The molecule has 0 spiro atoms. The highest BCUT2D eigenvalue weighted by atomic mass is 16.5. The van der Waals surface area contributed by atoms with Gasteiger partial charge in [0.15, 0.2) is 11.6 Å². The van der Waals surface area contributed by atoms with E-state index in [1.54, 1.807) is 30.3 Å². The Morgan fingerprint density at radius 1 is 1.07 bits per heavy atom. The summed E-state index contributed by atoms with van der Waals surface area (Å²) in [6.07, 6.45) is 2.10. The fraction of sp³-hybridized carbons (Fsp3) is 0.316. The number of nitrogens with two attached hydrogens (primary N) is 4. The molecule has 11 heteroatoms. The van der Waals surface area contributed by atoms with Crippen molar-refractivity contribution in [3.63, 3.8) is 0 Å². The molecule has 0 unspecified atom stereocenters. The minimum atomic E-state index is -0.660. The Morgan fingerprint density at radius 3 is 2.50 bits per heavy atom. The number of carbonyl (C=O) groups excluding carboxylic acids is 2. The lowest BCUT2D eigenvalue weighted by Gasteiger charge is -2.12. The molecule has 2 rings (SSSR count). The van der Waals surface area contributed by atoms with Crippen molar-refractivity contribution in [2.24, 2.45) is 27.4 Å². The van der Waals surface area contributed by atoms with Crippen LogP contribution in [0, 0.1) is 0 Å². The fourth-order valence-electron chi connectivity index (χ4n) is 2.38. The summed E-state index contributed by atoms with van der Waals surface area (Å²) < 4.78 is 5.10. The second-order valence-corrected chi connectivity index (χ2v) is 6.33. The number of azo groups is 1. The van der Waals surface area contributed by atoms with Crippen LogP contribution in [-0.2, 0) is 9.59 Å². The van der Waals surface area contributed by atoms with Crippen LogP contribution in [0.5, 0.6) is 5.75 Å². The molecule has 1 amide bonds. The summed E-state index contributed by atoms with van der Waals surface area (Å²) in [5.74, 6) is -0.424. The SMILES string of the molecule is NCCCC[C@H](N)C(=O)Nc1ccc(N=Nc2ccccc2OC(=O)CN)c(N)n1. The summed E-state index contributed by atoms with van der Waals surface area (Å²) in [6.45, 7) is 0.300. The van der Waals surface area contributed by atoms with Gasteiger partial charge < -0.3 is 33.0 Å². The number of amides is 1. The Labute approximate surface area is 173 Å². The molecule has 2 aromatic rings. The van der Waals surface area contributed by atoms with Gasteiger partial charge in [-0.25, -0.2) is 4.98 Å². The van der Waals surface area contributed by atoms with E-state index < -0.39 is 12.0 Å². The molecular weight excluding hydrogens is 388 g/mol. The summed E-state index contributed by atoms with van der Waals surface area (Å²) in [7, 11) is 0. The lowest BCUT2D eigenvalue weighted by molar-refractivity contribution is -0.132. The number of hydrogen-bond acceptors (Lipinski definition) is 10. The number of nitrogens with zero attached hydrogens (tertiary/aromatic N) is 3. The molecule has 1 aromatic carbocycles. The summed E-state index contributed by atoms with van der Waals surface area (Å²) in [5, 5.41) is 10.7. The van der Waals surface area contributed by atoms with E-state index in [2.05, 4.69) is 20.5 Å². The topological polar surface area (TPSA) is 197 Å². The zero-order valence-electron chi connectivity index (χ0n) is 16.5. The number of rotatable bonds is 10. The van der Waals surface area contributed by atoms with E-state index in [9.17, 15) is 9.59 Å². The van der Waals surface area contributed by atoms with E-state index >= 15 is 0 Å². The van der Waals surface area contributed by atoms with Crippen molar-refractivity contribution >= 4 is 34.9 Å². The predicted molar refractivity (Wildman–Crippen MR) is 113 cm³/mol. The number of aromatic nitrogens is 1. The largest absolute Gasteiger partial charge is 0.423 e. The van der Waals surface area contributed by atoms with Crippen LogP contribution in [0.25, 0.3) is 0 Å². The number of anilines is 2. The molecule has 160 valence electrons. The van der Waals surface area contributed by atoms with E-state index in [0.29, 0.717) is 18.7 Å². The molecule has 30 heavy (non-hydrogen) atoms. The molecule has 1 aromatic heterocycles. The van der Waals surface area contributed by atoms with Crippen molar-refractivity contribution in [3.05, 3.63) is 36.4 Å². The first-order chi connectivity index (χ1) is 14.4. The smallest absolute Gasteiger partial charge is 0.325 e. The Bertz CT molecular complexity index is 903. The number of benzene rings is 1. The number of para-hydroxylation sites is 1. The van der Waals surface area contributed by atoms with Crippen LogP contribution >= 0.6 is 0 Å². The van der Waals surface area contributed by atoms with Gasteiger partial charge in [-0.1, -0.05) is 18.6 Å². The Kier molecular flexibility index (Phi) is 8.81. The first-order valence-corrected chi connectivity index (χ1v) is 9.39. The summed E-state index contributed by atoms with van der Waals surface area (Å²) in [6, 6.07) is 9.01. The third kappa shape index (κ3) is 6.88. The third-order valence-corrected chi connectivity index (χ3v) is 3.98. The maximum absolute atomic E-state index is 12.1. The molecule has 0 bridgehead atoms. The lowest BCUT2D eigenvalue weighted by Crippen LogP contribution is -2.35. The quantitative estimate of drug-likeness (QED) is 0.166. The third-order valence-electron chi connectivity index (χ3n) is 3.98. The molecule has 1 heterocycles. The number of unbranched alkanes of at least 4 members (excludes halogenated alkanes) is 1. The van der Waals surface area contributed by atoms with E-state index in [0.717, 1.165) is 12.8 Å². The highest BCUT2D eigenvalue weighted by Gasteiger charge is 2.14. The Morgan fingerprint density at radius 2 is 1.80 bits per heavy atom. The monoisotopic (exact) mass is 414 g/mol. The van der Waals surface area contributed by atoms with Gasteiger partial charge in [-0.2, -0.15) is 0 Å². The van der Waals surface area contributed by atoms with Crippen LogP contribution in [0.1, 0.15) is 19.3 Å². The Hall–Kier alpha value is -3.41. The summed E-state index contributed by atoms with van der Waals surface area (Å²) >= 11 is 0. The minimum Gasteiger partial charge on any atom is -0.423 e. The summed E-state index contributed by atoms with van der Waals surface area (Å²) in [4.78, 5) is 27.6. The highest BCUT2D eigenvalue weighted by molar-refractivity contribution is 5.94. The lowest BCUT2D eigenvalue weighted by atomic mass is 10.1. The van der Waals surface area contributed by atoms with Crippen LogP contribution in [0.3, 0.4) is 0 Å². The molecule has 0 fully saturated rings. The van der Waals surface area contributed by atoms with Crippen LogP contribution in [-0.4, -0.2) is 36.0 Å². The number of carbonyl (C=O) groups is 2. The number of hydrogen-bond donors (Lipinski definition) is 5. The van der Waals surface area contributed by atoms with E-state index in [-0.39, 0.29) is 35.5 Å².